The van der Waals surface area contributed by atoms with Gasteiger partial charge in [-0.1, -0.05) is 18.2 Å². The Hall–Kier alpha value is -2.82. The Kier molecular flexibility index (Phi) is 4.51. The molecule has 1 N–H and O–H groups in total. The Morgan fingerprint density at radius 3 is 2.54 bits per heavy atom. The lowest BCUT2D eigenvalue weighted by atomic mass is 10.1. The predicted molar refractivity (Wildman–Crippen MR) is 93.4 cm³/mol. The molecule has 1 amide bonds. The van der Waals surface area contributed by atoms with E-state index in [-0.39, 0.29) is 17.9 Å². The van der Waals surface area contributed by atoms with Gasteiger partial charge in [-0.05, 0) is 49.2 Å². The summed E-state index contributed by atoms with van der Waals surface area (Å²) in [6.07, 6.45) is 0.891. The molecule has 0 spiro atoms. The molecule has 0 radical (unpaired) electrons. The Bertz CT molecular complexity index is 755. The summed E-state index contributed by atoms with van der Waals surface area (Å²) in [5.41, 5.74) is 3.48. The van der Waals surface area contributed by atoms with E-state index in [4.69, 9.17) is 0 Å². The number of rotatable bonds is 4. The molecule has 1 aliphatic rings. The van der Waals surface area contributed by atoms with Crippen LogP contribution in [0.3, 0.4) is 0 Å². The van der Waals surface area contributed by atoms with E-state index in [1.54, 1.807) is 24.3 Å². The molecular formula is C19H20N2O3. The molecule has 0 saturated heterocycles. The lowest BCUT2D eigenvalue weighted by molar-refractivity contribution is -0.118. The van der Waals surface area contributed by atoms with Crippen LogP contribution in [0.5, 0.6) is 0 Å². The summed E-state index contributed by atoms with van der Waals surface area (Å²) in [5.74, 6) is -0.337. The van der Waals surface area contributed by atoms with Crippen LogP contribution in [0.15, 0.2) is 48.5 Å². The number of hydrogen-bond acceptors (Lipinski definition) is 4. The van der Waals surface area contributed by atoms with Gasteiger partial charge in [-0.2, -0.15) is 0 Å². The number of nitrogens with zero attached hydrogens (tertiary/aromatic N) is 1. The number of ether oxygens (including phenoxy) is 1. The normalized spacial score (nSPS) is 14.0. The number of anilines is 2. The Morgan fingerprint density at radius 2 is 1.83 bits per heavy atom. The van der Waals surface area contributed by atoms with Crippen LogP contribution in [0.25, 0.3) is 0 Å². The van der Waals surface area contributed by atoms with E-state index in [0.29, 0.717) is 12.1 Å². The van der Waals surface area contributed by atoms with Gasteiger partial charge in [0, 0.05) is 17.9 Å². The van der Waals surface area contributed by atoms with E-state index in [1.165, 1.54) is 12.7 Å². The molecule has 0 saturated carbocycles. The zero-order chi connectivity index (χ0) is 17.1. The first-order valence-electron chi connectivity index (χ1n) is 7.94. The van der Waals surface area contributed by atoms with Gasteiger partial charge in [0.1, 0.15) is 6.04 Å². The number of para-hydroxylation sites is 1. The molecular weight excluding hydrogens is 304 g/mol. The number of hydrogen-bond donors (Lipinski definition) is 1. The standard InChI is InChI=1S/C19H20N2O3/c1-13(20-16-9-7-15(8-10-16)19(23)24-2)18(22)21-12-11-14-5-3-4-6-17(14)21/h3-10,13,20H,11-12H2,1-2H3/t13-/m0/s1. The molecule has 0 fully saturated rings. The third-order valence-corrected chi connectivity index (χ3v) is 4.21. The number of esters is 1. The van der Waals surface area contributed by atoms with Crippen molar-refractivity contribution in [3.8, 4) is 0 Å². The highest BCUT2D eigenvalue weighted by molar-refractivity contribution is 6.00. The third-order valence-electron chi connectivity index (χ3n) is 4.21. The van der Waals surface area contributed by atoms with E-state index < -0.39 is 0 Å². The zero-order valence-corrected chi connectivity index (χ0v) is 13.8. The van der Waals surface area contributed by atoms with Gasteiger partial charge in [0.15, 0.2) is 0 Å². The third kappa shape index (κ3) is 3.11. The second-order valence-corrected chi connectivity index (χ2v) is 5.80. The van der Waals surface area contributed by atoms with Crippen LogP contribution in [0.1, 0.15) is 22.8 Å². The van der Waals surface area contributed by atoms with Gasteiger partial charge in [-0.25, -0.2) is 4.79 Å². The Labute approximate surface area is 141 Å². The van der Waals surface area contributed by atoms with Gasteiger partial charge in [-0.3, -0.25) is 4.79 Å². The summed E-state index contributed by atoms with van der Waals surface area (Å²) in [5, 5.41) is 3.19. The highest BCUT2D eigenvalue weighted by atomic mass is 16.5. The minimum Gasteiger partial charge on any atom is -0.465 e. The van der Waals surface area contributed by atoms with Crippen molar-refractivity contribution in [3.05, 3.63) is 59.7 Å². The molecule has 3 rings (SSSR count). The van der Waals surface area contributed by atoms with Gasteiger partial charge >= 0.3 is 5.97 Å². The van der Waals surface area contributed by atoms with Crippen LogP contribution in [-0.4, -0.2) is 31.6 Å². The predicted octanol–water partition coefficient (Wildman–Crippen LogP) is 2.86. The van der Waals surface area contributed by atoms with Gasteiger partial charge in [0.2, 0.25) is 5.91 Å². The topological polar surface area (TPSA) is 58.6 Å². The second-order valence-electron chi connectivity index (χ2n) is 5.80. The Balaban J connectivity index is 1.68. The molecule has 2 aromatic carbocycles. The number of fused-ring (bicyclic) bond motifs is 1. The fourth-order valence-corrected chi connectivity index (χ4v) is 2.93. The molecule has 124 valence electrons. The van der Waals surface area contributed by atoms with Crippen molar-refractivity contribution in [1.82, 2.24) is 0 Å². The van der Waals surface area contributed by atoms with E-state index in [9.17, 15) is 9.59 Å². The van der Waals surface area contributed by atoms with Crippen LogP contribution in [0.4, 0.5) is 11.4 Å². The Morgan fingerprint density at radius 1 is 1.12 bits per heavy atom. The van der Waals surface area contributed by atoms with Crippen molar-refractivity contribution in [2.45, 2.75) is 19.4 Å². The minimum atomic E-state index is -0.376. The summed E-state index contributed by atoms with van der Waals surface area (Å²) in [6.45, 7) is 2.56. The molecule has 1 atom stereocenters. The van der Waals surface area contributed by atoms with Crippen LogP contribution in [0, 0.1) is 0 Å². The number of methoxy groups -OCH3 is 1. The molecule has 0 aliphatic carbocycles. The maximum Gasteiger partial charge on any atom is 0.337 e. The zero-order valence-electron chi connectivity index (χ0n) is 13.8. The molecule has 0 bridgehead atoms. The highest BCUT2D eigenvalue weighted by Crippen LogP contribution is 2.28. The quantitative estimate of drug-likeness (QED) is 0.879. The van der Waals surface area contributed by atoms with Crippen molar-refractivity contribution in [1.29, 1.82) is 0 Å². The fourth-order valence-electron chi connectivity index (χ4n) is 2.93. The van der Waals surface area contributed by atoms with Crippen molar-refractivity contribution >= 4 is 23.3 Å². The number of benzene rings is 2. The first-order chi connectivity index (χ1) is 11.6. The molecule has 5 nitrogen and oxygen atoms in total. The summed E-state index contributed by atoms with van der Waals surface area (Å²) >= 11 is 0. The summed E-state index contributed by atoms with van der Waals surface area (Å²) in [4.78, 5) is 26.0. The van der Waals surface area contributed by atoms with Crippen molar-refractivity contribution in [2.24, 2.45) is 0 Å². The first-order valence-corrected chi connectivity index (χ1v) is 7.94. The van der Waals surface area contributed by atoms with E-state index in [1.807, 2.05) is 30.0 Å². The van der Waals surface area contributed by atoms with Gasteiger partial charge in [0.25, 0.3) is 0 Å². The molecule has 1 heterocycles. The minimum absolute atomic E-state index is 0.0389. The van der Waals surface area contributed by atoms with Crippen molar-refractivity contribution < 1.29 is 14.3 Å². The van der Waals surface area contributed by atoms with Crippen LogP contribution < -0.4 is 10.2 Å². The lowest BCUT2D eigenvalue weighted by Crippen LogP contribution is -2.40. The molecule has 2 aromatic rings. The van der Waals surface area contributed by atoms with Crippen LogP contribution in [-0.2, 0) is 16.0 Å². The molecule has 0 aromatic heterocycles. The monoisotopic (exact) mass is 324 g/mol. The molecule has 5 heteroatoms. The fraction of sp³-hybridized carbons (Fsp3) is 0.263. The lowest BCUT2D eigenvalue weighted by Gasteiger charge is -2.23. The van der Waals surface area contributed by atoms with Gasteiger partial charge in [0.05, 0.1) is 12.7 Å². The first kappa shape index (κ1) is 16.1. The maximum absolute atomic E-state index is 12.7. The second kappa shape index (κ2) is 6.74. The van der Waals surface area contributed by atoms with E-state index in [2.05, 4.69) is 16.1 Å². The van der Waals surface area contributed by atoms with Crippen molar-refractivity contribution in [2.75, 3.05) is 23.9 Å². The number of nitrogens with one attached hydrogen (secondary N) is 1. The average Bonchev–Trinajstić information content (AvgIpc) is 3.05. The largest absolute Gasteiger partial charge is 0.465 e. The highest BCUT2D eigenvalue weighted by Gasteiger charge is 2.27. The average molecular weight is 324 g/mol. The summed E-state index contributed by atoms with van der Waals surface area (Å²) in [7, 11) is 1.35. The SMILES string of the molecule is COC(=O)c1ccc(N[C@@H](C)C(=O)N2CCc3ccccc32)cc1. The molecule has 1 aliphatic heterocycles. The number of amides is 1. The maximum atomic E-state index is 12.7. The van der Waals surface area contributed by atoms with Crippen LogP contribution in [0.2, 0.25) is 0 Å². The summed E-state index contributed by atoms with van der Waals surface area (Å²) < 4.78 is 4.68. The van der Waals surface area contributed by atoms with Gasteiger partial charge < -0.3 is 15.0 Å². The number of carbonyl (C=O) groups is 2. The van der Waals surface area contributed by atoms with Gasteiger partial charge in [-0.15, -0.1) is 0 Å². The van der Waals surface area contributed by atoms with E-state index >= 15 is 0 Å². The molecule has 24 heavy (non-hydrogen) atoms. The smallest absolute Gasteiger partial charge is 0.337 e. The number of carbonyl (C=O) groups excluding carboxylic acids is 2. The van der Waals surface area contributed by atoms with Crippen LogP contribution >= 0.6 is 0 Å². The van der Waals surface area contributed by atoms with E-state index in [0.717, 1.165) is 17.8 Å². The van der Waals surface area contributed by atoms with Crippen molar-refractivity contribution in [3.63, 3.8) is 0 Å². The summed E-state index contributed by atoms with van der Waals surface area (Å²) in [6, 6.07) is 14.5. The molecule has 0 unspecified atom stereocenters.